The van der Waals surface area contributed by atoms with Crippen molar-refractivity contribution in [3.05, 3.63) is 54.1 Å². The lowest BCUT2D eigenvalue weighted by Gasteiger charge is -2.09. The van der Waals surface area contributed by atoms with E-state index < -0.39 is 31.0 Å². The van der Waals surface area contributed by atoms with Crippen LogP contribution in [0.25, 0.3) is 0 Å². The summed E-state index contributed by atoms with van der Waals surface area (Å²) in [6.07, 6.45) is 0. The molecule has 0 aliphatic rings. The van der Waals surface area contributed by atoms with Crippen molar-refractivity contribution in [2.24, 2.45) is 5.14 Å². The molecule has 25 heavy (non-hydrogen) atoms. The van der Waals surface area contributed by atoms with Gasteiger partial charge in [0, 0.05) is 11.3 Å². The molecule has 0 atom stereocenters. The maximum Gasteiger partial charge on any atom is 0.255 e. The Kier molecular flexibility index (Phi) is 5.31. The number of primary sulfonamides is 1. The van der Waals surface area contributed by atoms with Crippen LogP contribution in [0.2, 0.25) is 0 Å². The molecule has 0 heterocycles. The number of nitrogens with one attached hydrogen (secondary N) is 1. The van der Waals surface area contributed by atoms with Gasteiger partial charge < -0.3 is 5.32 Å². The summed E-state index contributed by atoms with van der Waals surface area (Å²) in [6.45, 7) is 3.17. The molecule has 0 fully saturated rings. The first kappa shape index (κ1) is 19.1. The van der Waals surface area contributed by atoms with E-state index in [1.807, 2.05) is 0 Å². The molecule has 0 aliphatic heterocycles. The number of hydrogen-bond acceptors (Lipinski definition) is 5. The fourth-order valence-electron chi connectivity index (χ4n) is 2.00. The average Bonchev–Trinajstić information content (AvgIpc) is 2.54. The Bertz CT molecular complexity index is 978. The Balaban J connectivity index is 2.16. The van der Waals surface area contributed by atoms with Crippen LogP contribution in [0.1, 0.15) is 24.2 Å². The van der Waals surface area contributed by atoms with Gasteiger partial charge in [-0.3, -0.25) is 4.79 Å². The number of hydrogen-bond donors (Lipinski definition) is 2. The maximum absolute atomic E-state index is 12.2. The van der Waals surface area contributed by atoms with Crippen LogP contribution >= 0.6 is 0 Å². The van der Waals surface area contributed by atoms with Gasteiger partial charge in [-0.15, -0.1) is 0 Å². The van der Waals surface area contributed by atoms with Gasteiger partial charge in [-0.05, 0) is 62.4 Å². The Morgan fingerprint density at radius 3 is 1.80 bits per heavy atom. The highest BCUT2D eigenvalue weighted by atomic mass is 32.2. The van der Waals surface area contributed by atoms with Crippen molar-refractivity contribution in [2.75, 3.05) is 5.32 Å². The highest BCUT2D eigenvalue weighted by Crippen LogP contribution is 2.18. The molecule has 0 radical (unpaired) electrons. The van der Waals surface area contributed by atoms with E-state index in [1.54, 1.807) is 13.8 Å². The molecule has 0 saturated heterocycles. The van der Waals surface area contributed by atoms with Gasteiger partial charge in [-0.2, -0.15) is 0 Å². The van der Waals surface area contributed by atoms with Crippen LogP contribution in [0.3, 0.4) is 0 Å². The summed E-state index contributed by atoms with van der Waals surface area (Å²) in [4.78, 5) is 12.3. The van der Waals surface area contributed by atoms with Gasteiger partial charge >= 0.3 is 0 Å². The number of carbonyl (C=O) groups excluding carboxylic acids is 1. The molecular formula is C16H18N2O5S2. The maximum atomic E-state index is 12.2. The van der Waals surface area contributed by atoms with E-state index in [1.165, 1.54) is 48.5 Å². The van der Waals surface area contributed by atoms with E-state index in [0.29, 0.717) is 5.69 Å². The van der Waals surface area contributed by atoms with E-state index in [4.69, 9.17) is 5.14 Å². The van der Waals surface area contributed by atoms with E-state index in [9.17, 15) is 21.6 Å². The Labute approximate surface area is 146 Å². The fourth-order valence-corrected chi connectivity index (χ4v) is 3.57. The minimum atomic E-state index is -3.80. The molecule has 7 nitrogen and oxygen atoms in total. The average molecular weight is 382 g/mol. The Morgan fingerprint density at radius 2 is 1.36 bits per heavy atom. The van der Waals surface area contributed by atoms with Gasteiger partial charge in [0.2, 0.25) is 10.0 Å². The lowest BCUT2D eigenvalue weighted by molar-refractivity contribution is 0.102. The summed E-state index contributed by atoms with van der Waals surface area (Å²) in [7, 11) is -7.19. The molecule has 2 aromatic carbocycles. The number of benzene rings is 2. The first-order valence-corrected chi connectivity index (χ1v) is 10.4. The van der Waals surface area contributed by atoms with Gasteiger partial charge in [0.1, 0.15) is 0 Å². The zero-order valence-electron chi connectivity index (χ0n) is 13.6. The number of sulfonamides is 1. The van der Waals surface area contributed by atoms with E-state index >= 15 is 0 Å². The van der Waals surface area contributed by atoms with Crippen LogP contribution in [0.15, 0.2) is 58.3 Å². The molecule has 134 valence electrons. The standard InChI is InChI=1S/C16H18N2O5S2/c1-11(2)24(20,21)14-7-3-12(4-8-14)16(19)18-13-5-9-15(10-6-13)25(17,22)23/h3-11H,1-2H3,(H,18,19)(H2,17,22,23). The van der Waals surface area contributed by atoms with Crippen molar-refractivity contribution in [3.63, 3.8) is 0 Å². The van der Waals surface area contributed by atoms with Crippen molar-refractivity contribution in [2.45, 2.75) is 28.9 Å². The first-order chi connectivity index (χ1) is 11.5. The van der Waals surface area contributed by atoms with E-state index in [-0.39, 0.29) is 15.4 Å². The zero-order chi connectivity index (χ0) is 18.8. The third-order valence-electron chi connectivity index (χ3n) is 3.51. The van der Waals surface area contributed by atoms with E-state index in [2.05, 4.69) is 5.32 Å². The predicted molar refractivity (Wildman–Crippen MR) is 94.5 cm³/mol. The molecule has 9 heteroatoms. The quantitative estimate of drug-likeness (QED) is 0.816. The molecule has 0 aliphatic carbocycles. The Morgan fingerprint density at radius 1 is 0.880 bits per heavy atom. The number of sulfone groups is 1. The summed E-state index contributed by atoms with van der Waals surface area (Å²) >= 11 is 0. The molecular weight excluding hydrogens is 364 g/mol. The summed E-state index contributed by atoms with van der Waals surface area (Å²) < 4.78 is 46.5. The van der Waals surface area contributed by atoms with Crippen LogP contribution in [-0.4, -0.2) is 28.0 Å². The second kappa shape index (κ2) is 6.95. The second-order valence-electron chi connectivity index (χ2n) is 5.64. The Hall–Kier alpha value is -2.23. The van der Waals surface area contributed by atoms with Crippen LogP contribution in [0, 0.1) is 0 Å². The molecule has 0 bridgehead atoms. The highest BCUT2D eigenvalue weighted by molar-refractivity contribution is 7.92. The molecule has 3 N–H and O–H groups in total. The number of nitrogens with two attached hydrogens (primary N) is 1. The van der Waals surface area contributed by atoms with Gasteiger partial charge in [-0.25, -0.2) is 22.0 Å². The lowest BCUT2D eigenvalue weighted by Crippen LogP contribution is -2.15. The van der Waals surface area contributed by atoms with E-state index in [0.717, 1.165) is 0 Å². The van der Waals surface area contributed by atoms with Gasteiger partial charge in [0.05, 0.1) is 15.0 Å². The minimum absolute atomic E-state index is 0.0613. The summed E-state index contributed by atoms with van der Waals surface area (Å²) in [5.74, 6) is -0.447. The number of amides is 1. The molecule has 2 rings (SSSR count). The number of rotatable bonds is 5. The highest BCUT2D eigenvalue weighted by Gasteiger charge is 2.19. The summed E-state index contributed by atoms with van der Waals surface area (Å²) in [5, 5.41) is 7.05. The monoisotopic (exact) mass is 382 g/mol. The lowest BCUT2D eigenvalue weighted by atomic mass is 10.2. The summed E-state index contributed by atoms with van der Waals surface area (Å²) in [6, 6.07) is 11.0. The third kappa shape index (κ3) is 4.44. The molecule has 0 aromatic heterocycles. The van der Waals surface area contributed by atoms with Gasteiger partial charge in [0.15, 0.2) is 9.84 Å². The first-order valence-electron chi connectivity index (χ1n) is 7.30. The van der Waals surface area contributed by atoms with Crippen molar-refractivity contribution < 1.29 is 21.6 Å². The molecule has 1 amide bonds. The largest absolute Gasteiger partial charge is 0.322 e. The molecule has 2 aromatic rings. The van der Waals surface area contributed by atoms with Gasteiger partial charge in [0.25, 0.3) is 5.91 Å². The smallest absolute Gasteiger partial charge is 0.255 e. The normalized spacial score (nSPS) is 12.2. The second-order valence-corrected chi connectivity index (χ2v) is 9.71. The van der Waals surface area contributed by atoms with Crippen LogP contribution < -0.4 is 10.5 Å². The third-order valence-corrected chi connectivity index (χ3v) is 6.61. The van der Waals surface area contributed by atoms with Crippen LogP contribution in [0.5, 0.6) is 0 Å². The number of anilines is 1. The predicted octanol–water partition coefficient (Wildman–Crippen LogP) is 1.77. The molecule has 0 saturated carbocycles. The van der Waals surface area contributed by atoms with Crippen LogP contribution in [0.4, 0.5) is 5.69 Å². The minimum Gasteiger partial charge on any atom is -0.322 e. The van der Waals surface area contributed by atoms with Crippen LogP contribution in [-0.2, 0) is 19.9 Å². The van der Waals surface area contributed by atoms with Crippen molar-refractivity contribution in [1.29, 1.82) is 0 Å². The van der Waals surface area contributed by atoms with Crippen molar-refractivity contribution in [1.82, 2.24) is 0 Å². The molecule has 0 unspecified atom stereocenters. The number of carbonyl (C=O) groups is 1. The molecule has 0 spiro atoms. The van der Waals surface area contributed by atoms with Crippen molar-refractivity contribution in [3.8, 4) is 0 Å². The summed E-state index contributed by atoms with van der Waals surface area (Å²) in [5.41, 5.74) is 0.662. The van der Waals surface area contributed by atoms with Crippen molar-refractivity contribution >= 4 is 31.5 Å². The van der Waals surface area contributed by atoms with Gasteiger partial charge in [-0.1, -0.05) is 0 Å². The zero-order valence-corrected chi connectivity index (χ0v) is 15.3. The SMILES string of the molecule is CC(C)S(=O)(=O)c1ccc(C(=O)Nc2ccc(S(N)(=O)=O)cc2)cc1. The topological polar surface area (TPSA) is 123 Å². The fraction of sp³-hybridized carbons (Fsp3) is 0.188.